The van der Waals surface area contributed by atoms with Gasteiger partial charge < -0.3 is 15.4 Å². The molecular weight excluding hydrogens is 418 g/mol. The summed E-state index contributed by atoms with van der Waals surface area (Å²) in [5, 5.41) is 7.66. The Morgan fingerprint density at radius 1 is 1.07 bits per heavy atom. The first-order chi connectivity index (χ1) is 14.4. The highest BCUT2D eigenvalue weighted by Crippen LogP contribution is 2.24. The van der Waals surface area contributed by atoms with Crippen molar-refractivity contribution in [2.75, 3.05) is 23.5 Å². The van der Waals surface area contributed by atoms with E-state index >= 15 is 0 Å². The molecule has 2 aromatic carbocycles. The molecule has 156 valence electrons. The Balaban J connectivity index is 1.50. The van der Waals surface area contributed by atoms with Crippen LogP contribution in [0.1, 0.15) is 16.8 Å². The van der Waals surface area contributed by atoms with E-state index in [0.717, 1.165) is 21.2 Å². The number of benzene rings is 2. The molecule has 0 aliphatic carbocycles. The highest BCUT2D eigenvalue weighted by molar-refractivity contribution is 8.01. The van der Waals surface area contributed by atoms with Gasteiger partial charge in [-0.15, -0.1) is 11.3 Å². The van der Waals surface area contributed by atoms with Crippen LogP contribution in [0, 0.1) is 13.8 Å². The van der Waals surface area contributed by atoms with Crippen LogP contribution in [0.25, 0.3) is 0 Å². The molecular formula is C22H23N3O3S2. The van der Waals surface area contributed by atoms with E-state index in [2.05, 4.69) is 15.6 Å². The Morgan fingerprint density at radius 2 is 1.80 bits per heavy atom. The summed E-state index contributed by atoms with van der Waals surface area (Å²) in [5.41, 5.74) is 4.28. The third-order valence-corrected chi connectivity index (χ3v) is 6.37. The Labute approximate surface area is 184 Å². The van der Waals surface area contributed by atoms with Gasteiger partial charge in [0, 0.05) is 22.8 Å². The van der Waals surface area contributed by atoms with Gasteiger partial charge in [0.05, 0.1) is 25.0 Å². The van der Waals surface area contributed by atoms with Crippen LogP contribution in [0.15, 0.2) is 52.2 Å². The van der Waals surface area contributed by atoms with Crippen LogP contribution in [0.4, 0.5) is 11.4 Å². The molecule has 3 aromatic rings. The molecule has 0 saturated heterocycles. The number of methoxy groups -OCH3 is 1. The maximum atomic E-state index is 12.4. The number of aromatic nitrogens is 1. The number of hydrogen-bond donors (Lipinski definition) is 2. The topological polar surface area (TPSA) is 80.3 Å². The van der Waals surface area contributed by atoms with Gasteiger partial charge in [-0.25, -0.2) is 4.98 Å². The van der Waals surface area contributed by atoms with E-state index in [4.69, 9.17) is 4.74 Å². The van der Waals surface area contributed by atoms with E-state index in [-0.39, 0.29) is 24.0 Å². The van der Waals surface area contributed by atoms with Crippen LogP contribution in [0.5, 0.6) is 5.75 Å². The van der Waals surface area contributed by atoms with E-state index in [0.29, 0.717) is 17.1 Å². The summed E-state index contributed by atoms with van der Waals surface area (Å²) in [7, 11) is 1.58. The minimum absolute atomic E-state index is 0.106. The van der Waals surface area contributed by atoms with Crippen molar-refractivity contribution in [2.45, 2.75) is 24.6 Å². The van der Waals surface area contributed by atoms with Crippen LogP contribution >= 0.6 is 23.1 Å². The molecule has 0 radical (unpaired) electrons. The number of amides is 2. The van der Waals surface area contributed by atoms with Crippen LogP contribution in [0.3, 0.4) is 0 Å². The third kappa shape index (κ3) is 6.08. The Morgan fingerprint density at radius 3 is 2.53 bits per heavy atom. The number of hydrogen-bond acceptors (Lipinski definition) is 6. The normalized spacial score (nSPS) is 10.5. The molecule has 0 fully saturated rings. The molecule has 0 aliphatic rings. The van der Waals surface area contributed by atoms with E-state index in [1.165, 1.54) is 23.1 Å². The molecule has 0 aliphatic heterocycles. The van der Waals surface area contributed by atoms with Gasteiger partial charge in [-0.1, -0.05) is 36.0 Å². The molecule has 1 heterocycles. The SMILES string of the molecule is COc1cccc(NC(=O)CSc2nc(CC(=O)Nc3c(C)cccc3C)cs2)c1. The van der Waals surface area contributed by atoms with E-state index < -0.39 is 0 Å². The Hall–Kier alpha value is -2.84. The molecule has 6 nitrogen and oxygen atoms in total. The van der Waals surface area contributed by atoms with Gasteiger partial charge in [0.15, 0.2) is 4.34 Å². The van der Waals surface area contributed by atoms with Crippen LogP contribution in [-0.2, 0) is 16.0 Å². The average Bonchev–Trinajstić information content (AvgIpc) is 3.16. The average molecular weight is 442 g/mol. The van der Waals surface area contributed by atoms with Gasteiger partial charge in [-0.3, -0.25) is 9.59 Å². The number of nitrogens with one attached hydrogen (secondary N) is 2. The summed E-state index contributed by atoms with van der Waals surface area (Å²) in [4.78, 5) is 29.0. The smallest absolute Gasteiger partial charge is 0.234 e. The Kier molecular flexibility index (Phi) is 7.48. The molecule has 0 unspecified atom stereocenters. The van der Waals surface area contributed by atoms with Gasteiger partial charge >= 0.3 is 0 Å². The fourth-order valence-corrected chi connectivity index (χ4v) is 4.47. The summed E-state index contributed by atoms with van der Waals surface area (Å²) >= 11 is 2.78. The summed E-state index contributed by atoms with van der Waals surface area (Å²) in [5.74, 6) is 0.686. The number of para-hydroxylation sites is 1. The van der Waals surface area contributed by atoms with Crippen molar-refractivity contribution in [3.8, 4) is 5.75 Å². The van der Waals surface area contributed by atoms with Crippen molar-refractivity contribution in [1.29, 1.82) is 0 Å². The number of rotatable bonds is 8. The number of carbonyl (C=O) groups excluding carboxylic acids is 2. The van der Waals surface area contributed by atoms with Gasteiger partial charge in [-0.2, -0.15) is 0 Å². The monoisotopic (exact) mass is 441 g/mol. The summed E-state index contributed by atoms with van der Waals surface area (Å²) in [6.45, 7) is 3.94. The largest absolute Gasteiger partial charge is 0.497 e. The molecule has 3 rings (SSSR count). The van der Waals surface area contributed by atoms with Gasteiger partial charge in [-0.05, 0) is 37.1 Å². The van der Waals surface area contributed by atoms with Crippen molar-refractivity contribution in [1.82, 2.24) is 4.98 Å². The number of nitrogens with zero attached hydrogens (tertiary/aromatic N) is 1. The molecule has 0 spiro atoms. The quantitative estimate of drug-likeness (QED) is 0.496. The van der Waals surface area contributed by atoms with Gasteiger partial charge in [0.1, 0.15) is 5.75 Å². The summed E-state index contributed by atoms with van der Waals surface area (Å²) < 4.78 is 5.91. The third-order valence-electron chi connectivity index (χ3n) is 4.30. The van der Waals surface area contributed by atoms with Crippen molar-refractivity contribution in [2.24, 2.45) is 0 Å². The first kappa shape index (κ1) is 21.9. The number of thioether (sulfide) groups is 1. The van der Waals surface area contributed by atoms with Crippen molar-refractivity contribution in [3.63, 3.8) is 0 Å². The second-order valence-corrected chi connectivity index (χ2v) is 8.75. The molecule has 0 atom stereocenters. The number of aryl methyl sites for hydroxylation is 2. The maximum absolute atomic E-state index is 12.4. The first-order valence-corrected chi connectivity index (χ1v) is 11.2. The van der Waals surface area contributed by atoms with Crippen molar-refractivity contribution < 1.29 is 14.3 Å². The van der Waals surface area contributed by atoms with Crippen molar-refractivity contribution >= 4 is 46.3 Å². The lowest BCUT2D eigenvalue weighted by molar-refractivity contribution is -0.116. The van der Waals surface area contributed by atoms with E-state index in [1.54, 1.807) is 19.2 Å². The van der Waals surface area contributed by atoms with Crippen molar-refractivity contribution in [3.05, 3.63) is 64.7 Å². The second-order valence-electron chi connectivity index (χ2n) is 6.67. The zero-order chi connectivity index (χ0) is 21.5. The zero-order valence-electron chi connectivity index (χ0n) is 17.0. The van der Waals surface area contributed by atoms with Crippen LogP contribution in [-0.4, -0.2) is 29.7 Å². The first-order valence-electron chi connectivity index (χ1n) is 9.32. The minimum Gasteiger partial charge on any atom is -0.497 e. The molecule has 2 N–H and O–H groups in total. The lowest BCUT2D eigenvalue weighted by Gasteiger charge is -2.10. The van der Waals surface area contributed by atoms with E-state index in [9.17, 15) is 9.59 Å². The zero-order valence-corrected chi connectivity index (χ0v) is 18.7. The lowest BCUT2D eigenvalue weighted by Crippen LogP contribution is -2.16. The molecule has 1 aromatic heterocycles. The number of anilines is 2. The molecule has 30 heavy (non-hydrogen) atoms. The fourth-order valence-electron chi connectivity index (χ4n) is 2.82. The second kappa shape index (κ2) is 10.3. The fraction of sp³-hybridized carbons (Fsp3) is 0.227. The molecule has 2 amide bonds. The predicted octanol–water partition coefficient (Wildman–Crippen LogP) is 4.68. The summed E-state index contributed by atoms with van der Waals surface area (Å²) in [6, 6.07) is 13.1. The highest BCUT2D eigenvalue weighted by atomic mass is 32.2. The van der Waals surface area contributed by atoms with Crippen LogP contribution < -0.4 is 15.4 Å². The molecule has 0 saturated carbocycles. The number of carbonyl (C=O) groups is 2. The predicted molar refractivity (Wildman–Crippen MR) is 123 cm³/mol. The van der Waals surface area contributed by atoms with Crippen LogP contribution in [0.2, 0.25) is 0 Å². The minimum atomic E-state index is -0.127. The highest BCUT2D eigenvalue weighted by Gasteiger charge is 2.12. The summed E-state index contributed by atoms with van der Waals surface area (Å²) in [6.07, 6.45) is 0.195. The standard InChI is InChI=1S/C22H23N3O3S2/c1-14-6-4-7-15(2)21(14)25-19(26)11-17-12-29-22(24-17)30-13-20(27)23-16-8-5-9-18(10-16)28-3/h4-10,12H,11,13H2,1-3H3,(H,23,27)(H,25,26). The van der Waals surface area contributed by atoms with Gasteiger partial charge in [0.25, 0.3) is 0 Å². The lowest BCUT2D eigenvalue weighted by atomic mass is 10.1. The number of ether oxygens (including phenoxy) is 1. The number of thiazole rings is 1. The Bertz CT molecular complexity index is 1030. The molecule has 0 bridgehead atoms. The van der Waals surface area contributed by atoms with E-state index in [1.807, 2.05) is 49.6 Å². The maximum Gasteiger partial charge on any atom is 0.234 e. The van der Waals surface area contributed by atoms with Gasteiger partial charge in [0.2, 0.25) is 11.8 Å². The molecule has 8 heteroatoms.